The summed E-state index contributed by atoms with van der Waals surface area (Å²) in [6.45, 7) is 0.342. The SMILES string of the molecule is O=C(CSCc1ccc(Cl)cc1F)NCc1ccc(F)cc1. The van der Waals surface area contributed by atoms with Crippen LogP contribution >= 0.6 is 23.4 Å². The molecule has 0 atom stereocenters. The van der Waals surface area contributed by atoms with Crippen LogP contribution in [0, 0.1) is 11.6 Å². The van der Waals surface area contributed by atoms with Crippen LogP contribution in [0.15, 0.2) is 42.5 Å². The second-order valence-electron chi connectivity index (χ2n) is 4.63. The molecule has 0 radical (unpaired) electrons. The number of hydrogen-bond donors (Lipinski definition) is 1. The van der Waals surface area contributed by atoms with Gasteiger partial charge >= 0.3 is 0 Å². The lowest BCUT2D eigenvalue weighted by molar-refractivity contribution is -0.118. The molecule has 0 aliphatic rings. The molecule has 116 valence electrons. The van der Waals surface area contributed by atoms with E-state index in [9.17, 15) is 13.6 Å². The molecule has 0 aliphatic heterocycles. The third kappa shape index (κ3) is 5.31. The minimum atomic E-state index is -0.369. The monoisotopic (exact) mass is 341 g/mol. The fraction of sp³-hybridized carbons (Fsp3) is 0.188. The lowest BCUT2D eigenvalue weighted by Crippen LogP contribution is -2.24. The lowest BCUT2D eigenvalue weighted by Gasteiger charge is -2.06. The van der Waals surface area contributed by atoms with Crippen molar-refractivity contribution in [1.29, 1.82) is 0 Å². The molecule has 0 aliphatic carbocycles. The Morgan fingerprint density at radius 3 is 2.55 bits per heavy atom. The molecule has 0 heterocycles. The van der Waals surface area contributed by atoms with Gasteiger partial charge in [-0.3, -0.25) is 4.79 Å². The average molecular weight is 342 g/mol. The molecular weight excluding hydrogens is 328 g/mol. The lowest BCUT2D eigenvalue weighted by atomic mass is 10.2. The van der Waals surface area contributed by atoms with Crippen LogP contribution in [0.25, 0.3) is 0 Å². The first kappa shape index (κ1) is 16.8. The number of benzene rings is 2. The zero-order valence-corrected chi connectivity index (χ0v) is 13.2. The molecule has 6 heteroatoms. The van der Waals surface area contributed by atoms with Gasteiger partial charge in [0.1, 0.15) is 11.6 Å². The van der Waals surface area contributed by atoms with E-state index in [4.69, 9.17) is 11.6 Å². The van der Waals surface area contributed by atoms with Gasteiger partial charge in [-0.25, -0.2) is 8.78 Å². The van der Waals surface area contributed by atoms with Gasteiger partial charge < -0.3 is 5.32 Å². The summed E-state index contributed by atoms with van der Waals surface area (Å²) in [6, 6.07) is 10.4. The quantitative estimate of drug-likeness (QED) is 0.854. The summed E-state index contributed by atoms with van der Waals surface area (Å²) < 4.78 is 26.3. The first-order valence-electron chi connectivity index (χ1n) is 6.57. The maximum atomic E-state index is 13.5. The number of amides is 1. The normalized spacial score (nSPS) is 10.5. The van der Waals surface area contributed by atoms with E-state index in [1.165, 1.54) is 30.0 Å². The van der Waals surface area contributed by atoms with Crippen molar-refractivity contribution in [1.82, 2.24) is 5.32 Å². The van der Waals surface area contributed by atoms with E-state index in [-0.39, 0.29) is 23.3 Å². The second-order valence-corrected chi connectivity index (χ2v) is 6.05. The van der Waals surface area contributed by atoms with Gasteiger partial charge in [-0.15, -0.1) is 11.8 Å². The summed E-state index contributed by atoms with van der Waals surface area (Å²) in [5, 5.41) is 3.08. The predicted octanol–water partition coefficient (Wildman–Crippen LogP) is 4.17. The van der Waals surface area contributed by atoms with Crippen LogP contribution in [-0.2, 0) is 17.1 Å². The van der Waals surface area contributed by atoms with Crippen molar-refractivity contribution >= 4 is 29.3 Å². The predicted molar refractivity (Wildman–Crippen MR) is 85.8 cm³/mol. The molecule has 2 nitrogen and oxygen atoms in total. The molecule has 0 saturated carbocycles. The van der Waals surface area contributed by atoms with Crippen LogP contribution in [0.5, 0.6) is 0 Å². The van der Waals surface area contributed by atoms with Gasteiger partial charge in [0.2, 0.25) is 5.91 Å². The van der Waals surface area contributed by atoms with Crippen LogP contribution in [-0.4, -0.2) is 11.7 Å². The highest BCUT2D eigenvalue weighted by molar-refractivity contribution is 7.99. The van der Waals surface area contributed by atoms with Gasteiger partial charge in [0, 0.05) is 17.3 Å². The molecule has 0 unspecified atom stereocenters. The molecule has 2 aromatic rings. The largest absolute Gasteiger partial charge is 0.351 e. The van der Waals surface area contributed by atoms with Crippen LogP contribution in [0.4, 0.5) is 8.78 Å². The van der Waals surface area contributed by atoms with E-state index in [0.717, 1.165) is 5.56 Å². The fourth-order valence-corrected chi connectivity index (χ4v) is 2.75. The highest BCUT2D eigenvalue weighted by Crippen LogP contribution is 2.19. The standard InChI is InChI=1S/C16H14ClF2NOS/c17-13-4-3-12(15(19)7-13)9-22-10-16(21)20-8-11-1-5-14(18)6-2-11/h1-7H,8-10H2,(H,20,21). The summed E-state index contributed by atoms with van der Waals surface area (Å²) in [5.41, 5.74) is 1.34. The zero-order chi connectivity index (χ0) is 15.9. The average Bonchev–Trinajstić information content (AvgIpc) is 2.49. The Balaban J connectivity index is 1.72. The maximum absolute atomic E-state index is 13.5. The topological polar surface area (TPSA) is 29.1 Å². The minimum absolute atomic E-state index is 0.149. The molecule has 2 aromatic carbocycles. The van der Waals surface area contributed by atoms with E-state index in [0.29, 0.717) is 22.9 Å². The van der Waals surface area contributed by atoms with Crippen LogP contribution in [0.1, 0.15) is 11.1 Å². The zero-order valence-electron chi connectivity index (χ0n) is 11.6. The van der Waals surface area contributed by atoms with Gasteiger partial charge in [-0.05, 0) is 35.4 Å². The van der Waals surface area contributed by atoms with Crippen LogP contribution in [0.3, 0.4) is 0 Å². The van der Waals surface area contributed by atoms with Crippen molar-refractivity contribution in [3.8, 4) is 0 Å². The van der Waals surface area contributed by atoms with Crippen molar-refractivity contribution in [2.75, 3.05) is 5.75 Å². The van der Waals surface area contributed by atoms with E-state index < -0.39 is 0 Å². The summed E-state index contributed by atoms with van der Waals surface area (Å²) in [5.74, 6) is -0.206. The number of carbonyl (C=O) groups excluding carboxylic acids is 1. The Bertz CT molecular complexity index is 649. The van der Waals surface area contributed by atoms with Crippen molar-refractivity contribution in [2.24, 2.45) is 0 Å². The number of halogens is 3. The first-order chi connectivity index (χ1) is 10.5. The second kappa shape index (κ2) is 8.15. The number of thioether (sulfide) groups is 1. The van der Waals surface area contributed by atoms with Crippen molar-refractivity contribution in [3.05, 3.63) is 70.2 Å². The number of carbonyl (C=O) groups is 1. The smallest absolute Gasteiger partial charge is 0.230 e. The van der Waals surface area contributed by atoms with E-state index in [1.54, 1.807) is 24.3 Å². The Kier molecular flexibility index (Phi) is 6.21. The van der Waals surface area contributed by atoms with Crippen molar-refractivity contribution in [2.45, 2.75) is 12.3 Å². The third-order valence-corrected chi connectivity index (χ3v) is 4.13. The van der Waals surface area contributed by atoms with Gasteiger partial charge in [0.05, 0.1) is 5.75 Å². The molecule has 0 bridgehead atoms. The molecule has 1 N–H and O–H groups in total. The third-order valence-electron chi connectivity index (χ3n) is 2.91. The van der Waals surface area contributed by atoms with Crippen molar-refractivity contribution < 1.29 is 13.6 Å². The molecular formula is C16H14ClF2NOS. The number of nitrogens with one attached hydrogen (secondary N) is 1. The molecule has 0 aromatic heterocycles. The first-order valence-corrected chi connectivity index (χ1v) is 8.10. The van der Waals surface area contributed by atoms with Crippen LogP contribution in [0.2, 0.25) is 5.02 Å². The molecule has 22 heavy (non-hydrogen) atoms. The number of rotatable bonds is 6. The molecule has 0 saturated heterocycles. The molecule has 0 fully saturated rings. The maximum Gasteiger partial charge on any atom is 0.230 e. The Hall–Kier alpha value is -1.59. The Morgan fingerprint density at radius 2 is 1.86 bits per heavy atom. The molecule has 0 spiro atoms. The number of hydrogen-bond acceptors (Lipinski definition) is 2. The highest BCUT2D eigenvalue weighted by atomic mass is 35.5. The van der Waals surface area contributed by atoms with Crippen molar-refractivity contribution in [3.63, 3.8) is 0 Å². The summed E-state index contributed by atoms with van der Waals surface area (Å²) in [6.07, 6.45) is 0. The summed E-state index contributed by atoms with van der Waals surface area (Å²) >= 11 is 6.99. The fourth-order valence-electron chi connectivity index (χ4n) is 1.75. The minimum Gasteiger partial charge on any atom is -0.351 e. The van der Waals surface area contributed by atoms with E-state index in [2.05, 4.69) is 5.32 Å². The van der Waals surface area contributed by atoms with Gasteiger partial charge in [0.15, 0.2) is 0 Å². The summed E-state index contributed by atoms with van der Waals surface area (Å²) in [7, 11) is 0. The van der Waals surface area contributed by atoms with Gasteiger partial charge in [-0.1, -0.05) is 29.8 Å². The van der Waals surface area contributed by atoms with Gasteiger partial charge in [0.25, 0.3) is 0 Å². The molecule has 1 amide bonds. The van der Waals surface area contributed by atoms with Crippen LogP contribution < -0.4 is 5.32 Å². The highest BCUT2D eigenvalue weighted by Gasteiger charge is 2.06. The molecule has 2 rings (SSSR count). The van der Waals surface area contributed by atoms with E-state index in [1.807, 2.05) is 0 Å². The van der Waals surface area contributed by atoms with E-state index >= 15 is 0 Å². The summed E-state index contributed by atoms with van der Waals surface area (Å²) in [4.78, 5) is 11.7. The van der Waals surface area contributed by atoms with Gasteiger partial charge in [-0.2, -0.15) is 0 Å². The Morgan fingerprint density at radius 1 is 1.14 bits per heavy atom. The Labute approximate surface area is 136 Å².